The van der Waals surface area contributed by atoms with Gasteiger partial charge in [-0.1, -0.05) is 24.7 Å². The second kappa shape index (κ2) is 6.90. The number of nitrogens with two attached hydrogens (primary N) is 1. The Labute approximate surface area is 123 Å². The van der Waals surface area contributed by atoms with Crippen molar-refractivity contribution in [1.29, 1.82) is 0 Å². The molecular weight excluding hydrogens is 276 g/mol. The zero-order chi connectivity index (χ0) is 14.5. The van der Waals surface area contributed by atoms with Crippen molar-refractivity contribution in [3.05, 3.63) is 4.88 Å². The average Bonchev–Trinajstić information content (AvgIpc) is 3.05. The molecule has 1 atom stereocenters. The largest absolute Gasteiger partial charge is 0.383 e. The topological polar surface area (TPSA) is 80.5 Å². The molecule has 1 aliphatic heterocycles. The summed E-state index contributed by atoms with van der Waals surface area (Å²) in [4.78, 5) is 19.1. The molecule has 2 rings (SSSR count). The van der Waals surface area contributed by atoms with Crippen molar-refractivity contribution in [2.45, 2.75) is 19.8 Å². The Morgan fingerprint density at radius 3 is 3.10 bits per heavy atom. The first-order chi connectivity index (χ1) is 9.65. The number of nitrogens with zero attached hydrogens (tertiary/aromatic N) is 2. The highest BCUT2D eigenvalue weighted by Crippen LogP contribution is 2.29. The summed E-state index contributed by atoms with van der Waals surface area (Å²) in [5, 5.41) is 3.78. The number of hydrogen-bond acceptors (Lipinski definition) is 6. The lowest BCUT2D eigenvalue weighted by Crippen LogP contribution is -2.28. The van der Waals surface area contributed by atoms with Crippen LogP contribution in [0.25, 0.3) is 0 Å². The summed E-state index contributed by atoms with van der Waals surface area (Å²) in [6, 6.07) is 0. The molecule has 1 fully saturated rings. The molecule has 0 aliphatic carbocycles. The Hall–Kier alpha value is -1.34. The van der Waals surface area contributed by atoms with Gasteiger partial charge in [0.15, 0.2) is 5.13 Å². The molecule has 1 aromatic rings. The number of anilines is 2. The van der Waals surface area contributed by atoms with Crippen molar-refractivity contribution in [1.82, 2.24) is 9.88 Å². The minimum absolute atomic E-state index is 0.00995. The van der Waals surface area contributed by atoms with Crippen LogP contribution in [0.3, 0.4) is 0 Å². The van der Waals surface area contributed by atoms with Crippen LogP contribution >= 0.6 is 11.3 Å². The highest BCUT2D eigenvalue weighted by molar-refractivity contribution is 7.18. The Balaban J connectivity index is 1.99. The lowest BCUT2D eigenvalue weighted by Gasteiger charge is -2.15. The number of rotatable bonds is 6. The number of ether oxygens (including phenoxy) is 1. The summed E-state index contributed by atoms with van der Waals surface area (Å²) in [5.41, 5.74) is 5.86. The Bertz CT molecular complexity index is 463. The van der Waals surface area contributed by atoms with E-state index in [4.69, 9.17) is 10.5 Å². The number of thiazole rings is 1. The molecule has 0 radical (unpaired) electrons. The number of nitrogens with one attached hydrogen (secondary N) is 1. The minimum atomic E-state index is 0.00995. The summed E-state index contributed by atoms with van der Waals surface area (Å²) in [6.45, 7) is 5.06. The van der Waals surface area contributed by atoms with Gasteiger partial charge in [0.05, 0.1) is 6.61 Å². The highest BCUT2D eigenvalue weighted by atomic mass is 32.1. The highest BCUT2D eigenvalue weighted by Gasteiger charge is 2.28. The number of likely N-dealkylation sites (tertiary alicyclic amines) is 1. The molecule has 1 amide bonds. The van der Waals surface area contributed by atoms with Crippen molar-refractivity contribution in [3.8, 4) is 0 Å². The molecule has 20 heavy (non-hydrogen) atoms. The van der Waals surface area contributed by atoms with Crippen LogP contribution in [0, 0.1) is 5.92 Å². The average molecular weight is 298 g/mol. The number of hydrogen-bond donors (Lipinski definition) is 2. The fourth-order valence-corrected chi connectivity index (χ4v) is 3.19. The first kappa shape index (κ1) is 15.1. The Kier molecular flexibility index (Phi) is 5.19. The van der Waals surface area contributed by atoms with Crippen LogP contribution in [0.5, 0.6) is 0 Å². The van der Waals surface area contributed by atoms with Gasteiger partial charge in [0.1, 0.15) is 10.7 Å². The number of carbonyl (C=O) groups excluding carboxylic acids is 1. The number of nitrogen functional groups attached to an aromatic ring is 1. The van der Waals surface area contributed by atoms with E-state index in [1.54, 1.807) is 7.11 Å². The third-order valence-corrected chi connectivity index (χ3v) is 4.60. The molecule has 1 unspecified atom stereocenters. The van der Waals surface area contributed by atoms with Crippen LogP contribution in [0.15, 0.2) is 0 Å². The first-order valence-electron chi connectivity index (χ1n) is 6.94. The van der Waals surface area contributed by atoms with E-state index in [2.05, 4.69) is 17.2 Å². The first-order valence-corrected chi connectivity index (χ1v) is 7.75. The second-order valence-corrected chi connectivity index (χ2v) is 5.97. The van der Waals surface area contributed by atoms with Gasteiger partial charge in [-0.05, 0) is 12.3 Å². The van der Waals surface area contributed by atoms with Gasteiger partial charge >= 0.3 is 0 Å². The molecule has 0 aromatic carbocycles. The molecule has 1 aromatic heterocycles. The van der Waals surface area contributed by atoms with Gasteiger partial charge in [-0.2, -0.15) is 0 Å². The normalized spacial score (nSPS) is 18.5. The van der Waals surface area contributed by atoms with E-state index in [0.29, 0.717) is 34.9 Å². The molecule has 3 N–H and O–H groups in total. The molecule has 0 spiro atoms. The van der Waals surface area contributed by atoms with Crippen LogP contribution in [-0.4, -0.2) is 49.1 Å². The molecule has 7 heteroatoms. The molecule has 0 saturated carbocycles. The van der Waals surface area contributed by atoms with E-state index in [9.17, 15) is 4.79 Å². The van der Waals surface area contributed by atoms with Gasteiger partial charge in [0.2, 0.25) is 0 Å². The SMILES string of the molecule is CCC1CCN(C(=O)c2sc(NCCOC)nc2N)C1. The molecule has 112 valence electrons. The molecular formula is C13H22N4O2S. The molecule has 6 nitrogen and oxygen atoms in total. The third kappa shape index (κ3) is 3.40. The van der Waals surface area contributed by atoms with E-state index in [1.807, 2.05) is 4.90 Å². The predicted octanol–water partition coefficient (Wildman–Crippen LogP) is 1.66. The molecule has 2 heterocycles. The minimum Gasteiger partial charge on any atom is -0.383 e. The quantitative estimate of drug-likeness (QED) is 0.781. The van der Waals surface area contributed by atoms with Crippen LogP contribution in [0.1, 0.15) is 29.4 Å². The van der Waals surface area contributed by atoms with Crippen molar-refractivity contribution < 1.29 is 9.53 Å². The molecule has 1 aliphatic rings. The summed E-state index contributed by atoms with van der Waals surface area (Å²) in [7, 11) is 1.64. The standard InChI is InChI=1S/C13H22N4O2S/c1-3-9-4-6-17(8-9)12(18)10-11(14)16-13(20-10)15-5-7-19-2/h9H,3-8,14H2,1-2H3,(H,15,16). The van der Waals surface area contributed by atoms with Crippen LogP contribution in [0.4, 0.5) is 10.9 Å². The van der Waals surface area contributed by atoms with Crippen molar-refractivity contribution in [2.24, 2.45) is 5.92 Å². The maximum absolute atomic E-state index is 12.4. The fourth-order valence-electron chi connectivity index (χ4n) is 2.31. The number of methoxy groups -OCH3 is 1. The Morgan fingerprint density at radius 2 is 2.45 bits per heavy atom. The second-order valence-electron chi connectivity index (χ2n) is 4.97. The maximum Gasteiger partial charge on any atom is 0.267 e. The summed E-state index contributed by atoms with van der Waals surface area (Å²) < 4.78 is 4.96. The van der Waals surface area contributed by atoms with Crippen LogP contribution in [0.2, 0.25) is 0 Å². The van der Waals surface area contributed by atoms with Crippen molar-refractivity contribution in [2.75, 3.05) is 44.4 Å². The maximum atomic E-state index is 12.4. The van der Waals surface area contributed by atoms with E-state index in [-0.39, 0.29) is 5.91 Å². The van der Waals surface area contributed by atoms with Gasteiger partial charge in [-0.3, -0.25) is 4.79 Å². The van der Waals surface area contributed by atoms with Gasteiger partial charge in [0.25, 0.3) is 5.91 Å². The summed E-state index contributed by atoms with van der Waals surface area (Å²) in [6.07, 6.45) is 2.20. The lowest BCUT2D eigenvalue weighted by atomic mass is 10.1. The molecule has 1 saturated heterocycles. The fraction of sp³-hybridized carbons (Fsp3) is 0.692. The van der Waals surface area contributed by atoms with Crippen molar-refractivity contribution >= 4 is 28.2 Å². The zero-order valence-corrected chi connectivity index (χ0v) is 12.8. The van der Waals surface area contributed by atoms with Crippen LogP contribution < -0.4 is 11.1 Å². The van der Waals surface area contributed by atoms with E-state index < -0.39 is 0 Å². The molecule has 0 bridgehead atoms. The monoisotopic (exact) mass is 298 g/mol. The van der Waals surface area contributed by atoms with E-state index in [0.717, 1.165) is 25.9 Å². The smallest absolute Gasteiger partial charge is 0.267 e. The summed E-state index contributed by atoms with van der Waals surface area (Å²) >= 11 is 1.32. The Morgan fingerprint density at radius 1 is 1.65 bits per heavy atom. The van der Waals surface area contributed by atoms with E-state index >= 15 is 0 Å². The number of carbonyl (C=O) groups is 1. The van der Waals surface area contributed by atoms with Crippen molar-refractivity contribution in [3.63, 3.8) is 0 Å². The number of aromatic nitrogens is 1. The summed E-state index contributed by atoms with van der Waals surface area (Å²) in [5.74, 6) is 0.947. The lowest BCUT2D eigenvalue weighted by molar-refractivity contribution is 0.0792. The van der Waals surface area contributed by atoms with Gasteiger partial charge in [-0.15, -0.1) is 0 Å². The van der Waals surface area contributed by atoms with Gasteiger partial charge in [-0.25, -0.2) is 4.98 Å². The van der Waals surface area contributed by atoms with Crippen LogP contribution in [-0.2, 0) is 4.74 Å². The van der Waals surface area contributed by atoms with Gasteiger partial charge < -0.3 is 20.7 Å². The zero-order valence-electron chi connectivity index (χ0n) is 12.0. The third-order valence-electron chi connectivity index (χ3n) is 3.58. The number of amides is 1. The van der Waals surface area contributed by atoms with Gasteiger partial charge in [0, 0.05) is 26.7 Å². The predicted molar refractivity (Wildman–Crippen MR) is 81.2 cm³/mol. The van der Waals surface area contributed by atoms with E-state index in [1.165, 1.54) is 11.3 Å².